The number of hydroxylamine groups is 1. The largest absolute Gasteiger partial charge is 0.444 e. The third-order valence-electron chi connectivity index (χ3n) is 4.29. The highest BCUT2D eigenvalue weighted by Gasteiger charge is 2.22. The second-order valence-corrected chi connectivity index (χ2v) is 8.09. The molecule has 168 valence electrons. The molecule has 31 heavy (non-hydrogen) atoms. The molecule has 2 heterocycles. The maximum atomic E-state index is 11.7. The molecule has 11 nitrogen and oxygen atoms in total. The van der Waals surface area contributed by atoms with Crippen LogP contribution in [0.4, 0.5) is 10.7 Å². The molecular weight excluding hydrogens is 402 g/mol. The van der Waals surface area contributed by atoms with Gasteiger partial charge in [0.05, 0.1) is 18.0 Å². The second kappa shape index (κ2) is 11.3. The van der Waals surface area contributed by atoms with E-state index in [1.807, 2.05) is 21.8 Å². The molecule has 0 radical (unpaired) electrons. The summed E-state index contributed by atoms with van der Waals surface area (Å²) in [6.45, 7) is 10.0. The van der Waals surface area contributed by atoms with Crippen molar-refractivity contribution in [1.82, 2.24) is 25.7 Å². The Labute approximate surface area is 182 Å². The normalized spacial score (nSPS) is 14.9. The van der Waals surface area contributed by atoms with E-state index >= 15 is 0 Å². The molecule has 0 spiro atoms. The van der Waals surface area contributed by atoms with Gasteiger partial charge in [-0.2, -0.15) is 5.26 Å². The monoisotopic (exact) mass is 431 g/mol. The van der Waals surface area contributed by atoms with Crippen LogP contribution in [0.2, 0.25) is 0 Å². The van der Waals surface area contributed by atoms with Gasteiger partial charge in [-0.05, 0) is 27.7 Å². The van der Waals surface area contributed by atoms with Crippen LogP contribution in [0, 0.1) is 11.3 Å². The number of anilines is 1. The molecule has 0 aliphatic carbocycles. The molecule has 0 aromatic carbocycles. The molecule has 1 aromatic rings. The Kier molecular flexibility index (Phi) is 8.75. The summed E-state index contributed by atoms with van der Waals surface area (Å²) in [5, 5.41) is 11.5. The first-order valence-electron chi connectivity index (χ1n) is 10.0. The summed E-state index contributed by atoms with van der Waals surface area (Å²) in [6.07, 6.45) is 2.48. The minimum atomic E-state index is -0.562. The van der Waals surface area contributed by atoms with Crippen molar-refractivity contribution in [3.8, 4) is 6.07 Å². The van der Waals surface area contributed by atoms with E-state index in [0.29, 0.717) is 49.9 Å². The van der Waals surface area contributed by atoms with Crippen LogP contribution in [0.25, 0.3) is 0 Å². The van der Waals surface area contributed by atoms with Gasteiger partial charge in [-0.1, -0.05) is 0 Å². The topological polar surface area (TPSA) is 133 Å². The van der Waals surface area contributed by atoms with E-state index in [9.17, 15) is 9.59 Å². The fraction of sp³-hybridized carbons (Fsp3) is 0.600. The van der Waals surface area contributed by atoms with Gasteiger partial charge >= 0.3 is 6.09 Å². The van der Waals surface area contributed by atoms with Crippen LogP contribution in [0.5, 0.6) is 0 Å². The van der Waals surface area contributed by atoms with Crippen molar-refractivity contribution >= 4 is 18.0 Å². The first-order chi connectivity index (χ1) is 14.7. The van der Waals surface area contributed by atoms with Crippen molar-refractivity contribution in [2.75, 3.05) is 44.2 Å². The molecule has 1 aliphatic heterocycles. The summed E-state index contributed by atoms with van der Waals surface area (Å²) in [5.74, 6) is 2.49. The van der Waals surface area contributed by atoms with Gasteiger partial charge in [-0.3, -0.25) is 4.84 Å². The minimum Gasteiger partial charge on any atom is -0.444 e. The summed E-state index contributed by atoms with van der Waals surface area (Å²) >= 11 is 0. The van der Waals surface area contributed by atoms with Crippen LogP contribution >= 0.6 is 0 Å². The van der Waals surface area contributed by atoms with Crippen LogP contribution in [0.1, 0.15) is 33.3 Å². The number of aromatic nitrogens is 2. The number of piperazine rings is 1. The number of alkyl carbamates (subject to hydrolysis) is 1. The molecular formula is C20H29N7O4. The summed E-state index contributed by atoms with van der Waals surface area (Å²) < 4.78 is 5.19. The van der Waals surface area contributed by atoms with Crippen molar-refractivity contribution in [3.05, 3.63) is 23.7 Å². The Balaban J connectivity index is 1.70. The number of nitriles is 1. The molecule has 1 aromatic heterocycles. The predicted octanol–water partition coefficient (Wildman–Crippen LogP) is 0.620. The molecule has 11 heteroatoms. The lowest BCUT2D eigenvalue weighted by Gasteiger charge is -2.35. The number of amides is 1. The number of hydrogen-bond acceptors (Lipinski definition) is 10. The average molecular weight is 431 g/mol. The quantitative estimate of drug-likeness (QED) is 0.343. The van der Waals surface area contributed by atoms with Crippen LogP contribution in [0.3, 0.4) is 0 Å². The molecule has 0 bridgehead atoms. The predicted molar refractivity (Wildman–Crippen MR) is 113 cm³/mol. The van der Waals surface area contributed by atoms with E-state index in [0.717, 1.165) is 0 Å². The van der Waals surface area contributed by atoms with Gasteiger partial charge < -0.3 is 19.9 Å². The van der Waals surface area contributed by atoms with Gasteiger partial charge in [0.15, 0.2) is 0 Å². The number of hydrogen-bond donors (Lipinski definition) is 2. The van der Waals surface area contributed by atoms with Crippen molar-refractivity contribution in [2.24, 2.45) is 0 Å². The summed E-state index contributed by atoms with van der Waals surface area (Å²) in [5.41, 5.74) is 3.00. The summed E-state index contributed by atoms with van der Waals surface area (Å²) in [7, 11) is 0. The SMILES string of the molecule is C[C@@H](CNOCC(=C=O)N1CCN(c2ncc(C#N)cn2)CC1)NC(=O)OC(C)(C)C. The zero-order valence-electron chi connectivity index (χ0n) is 18.3. The smallest absolute Gasteiger partial charge is 0.407 e. The van der Waals surface area contributed by atoms with Crippen LogP contribution in [0.15, 0.2) is 18.1 Å². The van der Waals surface area contributed by atoms with E-state index in [-0.39, 0.29) is 12.6 Å². The van der Waals surface area contributed by atoms with Crippen molar-refractivity contribution in [3.63, 3.8) is 0 Å². The third-order valence-corrected chi connectivity index (χ3v) is 4.29. The highest BCUT2D eigenvalue weighted by atomic mass is 16.6. The molecule has 1 fully saturated rings. The lowest BCUT2D eigenvalue weighted by atomic mass is 10.2. The Hall–Kier alpha value is -3.19. The number of nitrogens with one attached hydrogen (secondary N) is 2. The van der Waals surface area contributed by atoms with Crippen molar-refractivity contribution in [1.29, 1.82) is 5.26 Å². The fourth-order valence-corrected chi connectivity index (χ4v) is 2.77. The molecule has 1 atom stereocenters. The van der Waals surface area contributed by atoms with Crippen LogP contribution in [-0.4, -0.2) is 77.9 Å². The molecule has 0 unspecified atom stereocenters. The van der Waals surface area contributed by atoms with E-state index in [1.54, 1.807) is 27.7 Å². The fourth-order valence-electron chi connectivity index (χ4n) is 2.77. The van der Waals surface area contributed by atoms with E-state index in [2.05, 4.69) is 20.8 Å². The minimum absolute atomic E-state index is 0.0516. The maximum Gasteiger partial charge on any atom is 0.407 e. The first-order valence-corrected chi connectivity index (χ1v) is 10.0. The van der Waals surface area contributed by atoms with E-state index in [4.69, 9.17) is 14.8 Å². The Bertz CT molecular complexity index is 817. The number of nitrogens with zero attached hydrogens (tertiary/aromatic N) is 5. The van der Waals surface area contributed by atoms with Gasteiger partial charge in [-0.25, -0.2) is 25.0 Å². The molecule has 0 saturated carbocycles. The van der Waals surface area contributed by atoms with E-state index in [1.165, 1.54) is 12.4 Å². The molecule has 2 N–H and O–H groups in total. The van der Waals surface area contributed by atoms with Crippen LogP contribution < -0.4 is 15.7 Å². The molecule has 2 rings (SSSR count). The highest BCUT2D eigenvalue weighted by molar-refractivity contribution is 5.68. The van der Waals surface area contributed by atoms with Gasteiger partial charge in [-0.15, -0.1) is 0 Å². The number of carbonyl (C=O) groups excluding carboxylic acids is 2. The standard InChI is InChI=1S/C20H29N7O4/c1-15(25-19(29)31-20(2,3)4)10-24-30-14-17(13-28)26-5-7-27(8-6-26)18-22-11-16(9-21)12-23-18/h11-12,15,24H,5-8,10,14H2,1-4H3,(H,25,29)/t15-/m0/s1. The lowest BCUT2D eigenvalue weighted by Crippen LogP contribution is -2.47. The van der Waals surface area contributed by atoms with Crippen molar-refractivity contribution < 1.29 is 19.2 Å². The zero-order chi connectivity index (χ0) is 22.9. The van der Waals surface area contributed by atoms with Gasteiger partial charge in [0.1, 0.15) is 29.9 Å². The van der Waals surface area contributed by atoms with Gasteiger partial charge in [0.25, 0.3) is 0 Å². The molecule has 1 aliphatic rings. The Morgan fingerprint density at radius 3 is 2.45 bits per heavy atom. The Morgan fingerprint density at radius 2 is 1.90 bits per heavy atom. The summed E-state index contributed by atoms with van der Waals surface area (Å²) in [4.78, 5) is 40.8. The molecule has 1 saturated heterocycles. The average Bonchev–Trinajstić information content (AvgIpc) is 2.72. The molecule has 1 amide bonds. The third kappa shape index (κ3) is 8.22. The number of carbonyl (C=O) groups is 1. The summed E-state index contributed by atoms with van der Waals surface area (Å²) in [6, 6.07) is 1.76. The van der Waals surface area contributed by atoms with Gasteiger partial charge in [0, 0.05) is 38.8 Å². The lowest BCUT2D eigenvalue weighted by molar-refractivity contribution is 0.0345. The second-order valence-electron chi connectivity index (χ2n) is 8.09. The number of ether oxygens (including phenoxy) is 1. The number of rotatable bonds is 8. The van der Waals surface area contributed by atoms with E-state index < -0.39 is 11.7 Å². The highest BCUT2D eigenvalue weighted by Crippen LogP contribution is 2.13. The Morgan fingerprint density at radius 1 is 1.26 bits per heavy atom. The zero-order valence-corrected chi connectivity index (χ0v) is 18.3. The maximum absolute atomic E-state index is 11.7. The van der Waals surface area contributed by atoms with Gasteiger partial charge in [0.2, 0.25) is 5.95 Å². The van der Waals surface area contributed by atoms with Crippen LogP contribution in [-0.2, 0) is 14.4 Å². The van der Waals surface area contributed by atoms with Crippen molar-refractivity contribution in [2.45, 2.75) is 39.3 Å². The first kappa shape index (κ1) is 24.1.